The first-order valence-electron chi connectivity index (χ1n) is 6.47. The highest BCUT2D eigenvalue weighted by Crippen LogP contribution is 2.32. The fourth-order valence-corrected chi connectivity index (χ4v) is 2.45. The van der Waals surface area contributed by atoms with Gasteiger partial charge in [0.25, 0.3) is 5.91 Å². The second-order valence-electron chi connectivity index (χ2n) is 4.79. The number of aromatic nitrogens is 1. The lowest BCUT2D eigenvalue weighted by Gasteiger charge is -2.35. The molecule has 0 spiro atoms. The van der Waals surface area contributed by atoms with Crippen molar-refractivity contribution in [1.29, 1.82) is 0 Å². The molecule has 1 aromatic heterocycles. The Morgan fingerprint density at radius 1 is 1.15 bits per heavy atom. The van der Waals surface area contributed by atoms with Crippen LogP contribution in [-0.2, 0) is 0 Å². The molecule has 5 heteroatoms. The molecule has 20 heavy (non-hydrogen) atoms. The van der Waals surface area contributed by atoms with Gasteiger partial charge in [-0.1, -0.05) is 12.1 Å². The monoisotopic (exact) mass is 269 g/mol. The second-order valence-corrected chi connectivity index (χ2v) is 4.79. The molecular formula is C15H15N3O2. The van der Waals surface area contributed by atoms with Gasteiger partial charge in [0.05, 0.1) is 11.4 Å². The number of amides is 1. The Bertz CT molecular complexity index is 708. The molecule has 3 rings (SSSR count). The van der Waals surface area contributed by atoms with E-state index in [0.717, 1.165) is 17.9 Å². The average Bonchev–Trinajstić information content (AvgIpc) is 2.48. The normalized spacial score (nSPS) is 14.1. The highest BCUT2D eigenvalue weighted by molar-refractivity contribution is 6.08. The summed E-state index contributed by atoms with van der Waals surface area (Å²) in [4.78, 5) is 30.9. The van der Waals surface area contributed by atoms with Crippen LogP contribution in [0.15, 0.2) is 47.5 Å². The number of nitrogens with one attached hydrogen (secondary N) is 1. The van der Waals surface area contributed by atoms with E-state index in [1.807, 2.05) is 31.3 Å². The molecule has 5 nitrogen and oxygen atoms in total. The van der Waals surface area contributed by atoms with Gasteiger partial charge in [0.1, 0.15) is 5.56 Å². The summed E-state index contributed by atoms with van der Waals surface area (Å²) in [6, 6.07) is 9.09. The van der Waals surface area contributed by atoms with Gasteiger partial charge >= 0.3 is 0 Å². The maximum absolute atomic E-state index is 12.6. The molecule has 2 aromatic rings. The van der Waals surface area contributed by atoms with Crippen LogP contribution >= 0.6 is 0 Å². The summed E-state index contributed by atoms with van der Waals surface area (Å²) >= 11 is 0. The Labute approximate surface area is 116 Å². The molecule has 0 radical (unpaired) electrons. The summed E-state index contributed by atoms with van der Waals surface area (Å²) in [5.74, 6) is -0.257. The number of hydrogen-bond donors (Lipinski definition) is 1. The SMILES string of the molecule is CN1CCN(C(=O)c2c[nH]ccc2=O)c2ccccc21. The second kappa shape index (κ2) is 4.85. The van der Waals surface area contributed by atoms with Crippen molar-refractivity contribution in [3.8, 4) is 0 Å². The zero-order chi connectivity index (χ0) is 14.1. The van der Waals surface area contributed by atoms with Gasteiger partial charge in [-0.15, -0.1) is 0 Å². The fourth-order valence-electron chi connectivity index (χ4n) is 2.45. The predicted octanol–water partition coefficient (Wildman–Crippen LogP) is 1.47. The Hall–Kier alpha value is -2.56. The first-order chi connectivity index (χ1) is 9.68. The van der Waals surface area contributed by atoms with Crippen LogP contribution in [0.1, 0.15) is 10.4 Å². The van der Waals surface area contributed by atoms with Crippen molar-refractivity contribution in [2.45, 2.75) is 0 Å². The van der Waals surface area contributed by atoms with Crippen molar-refractivity contribution in [2.75, 3.05) is 29.9 Å². The van der Waals surface area contributed by atoms with Gasteiger partial charge < -0.3 is 14.8 Å². The zero-order valence-electron chi connectivity index (χ0n) is 11.2. The fraction of sp³-hybridized carbons (Fsp3) is 0.200. The first kappa shape index (κ1) is 12.5. The molecule has 1 aromatic carbocycles. The van der Waals surface area contributed by atoms with Crippen LogP contribution in [0.4, 0.5) is 11.4 Å². The molecule has 1 aliphatic heterocycles. The number of aromatic amines is 1. The highest BCUT2D eigenvalue weighted by atomic mass is 16.2. The highest BCUT2D eigenvalue weighted by Gasteiger charge is 2.26. The largest absolute Gasteiger partial charge is 0.371 e. The average molecular weight is 269 g/mol. The molecule has 102 valence electrons. The van der Waals surface area contributed by atoms with Crippen molar-refractivity contribution in [3.05, 3.63) is 58.5 Å². The molecule has 0 unspecified atom stereocenters. The number of carbonyl (C=O) groups is 1. The molecule has 0 bridgehead atoms. The van der Waals surface area contributed by atoms with Gasteiger partial charge in [-0.3, -0.25) is 9.59 Å². The number of benzene rings is 1. The summed E-state index contributed by atoms with van der Waals surface area (Å²) in [7, 11) is 2.00. The standard InChI is InChI=1S/C15H15N3O2/c1-17-8-9-18(13-5-3-2-4-12(13)17)15(20)11-10-16-7-6-14(11)19/h2-7,10H,8-9H2,1H3,(H,16,19). The van der Waals surface area contributed by atoms with Crippen LogP contribution < -0.4 is 15.2 Å². The van der Waals surface area contributed by atoms with Crippen LogP contribution in [0.2, 0.25) is 0 Å². The van der Waals surface area contributed by atoms with Crippen molar-refractivity contribution >= 4 is 17.3 Å². The summed E-state index contributed by atoms with van der Waals surface area (Å²) in [5, 5.41) is 0. The van der Waals surface area contributed by atoms with E-state index in [9.17, 15) is 9.59 Å². The first-order valence-corrected chi connectivity index (χ1v) is 6.47. The molecule has 2 heterocycles. The van der Waals surface area contributed by atoms with E-state index in [4.69, 9.17) is 0 Å². The van der Waals surface area contributed by atoms with Gasteiger partial charge in [0.2, 0.25) is 0 Å². The predicted molar refractivity (Wildman–Crippen MR) is 78.5 cm³/mol. The Morgan fingerprint density at radius 2 is 1.90 bits per heavy atom. The number of para-hydroxylation sites is 2. The van der Waals surface area contributed by atoms with Gasteiger partial charge in [0.15, 0.2) is 5.43 Å². The number of pyridine rings is 1. The Morgan fingerprint density at radius 3 is 2.65 bits per heavy atom. The smallest absolute Gasteiger partial charge is 0.263 e. The Kier molecular flexibility index (Phi) is 3.02. The molecule has 0 saturated carbocycles. The maximum Gasteiger partial charge on any atom is 0.263 e. The van der Waals surface area contributed by atoms with Crippen LogP contribution in [0.5, 0.6) is 0 Å². The van der Waals surface area contributed by atoms with Crippen molar-refractivity contribution < 1.29 is 4.79 Å². The number of H-pyrrole nitrogens is 1. The molecule has 1 N–H and O–H groups in total. The molecule has 1 aliphatic rings. The van der Waals surface area contributed by atoms with Crippen molar-refractivity contribution in [3.63, 3.8) is 0 Å². The number of anilines is 2. The number of likely N-dealkylation sites (N-methyl/N-ethyl adjacent to an activating group) is 1. The topological polar surface area (TPSA) is 56.4 Å². The Balaban J connectivity index is 2.04. The lowest BCUT2D eigenvalue weighted by Crippen LogP contribution is -2.43. The molecule has 0 atom stereocenters. The van der Waals surface area contributed by atoms with E-state index in [2.05, 4.69) is 9.88 Å². The summed E-state index contributed by atoms with van der Waals surface area (Å²) in [5.41, 5.74) is 1.76. The van der Waals surface area contributed by atoms with Crippen LogP contribution in [0, 0.1) is 0 Å². The molecule has 0 aliphatic carbocycles. The van der Waals surface area contributed by atoms with Gasteiger partial charge in [-0.2, -0.15) is 0 Å². The molecular weight excluding hydrogens is 254 g/mol. The minimum absolute atomic E-state index is 0.173. The van der Waals surface area contributed by atoms with E-state index in [0.29, 0.717) is 6.54 Å². The third-order valence-electron chi connectivity index (χ3n) is 3.54. The summed E-state index contributed by atoms with van der Waals surface area (Å²) < 4.78 is 0. The lowest BCUT2D eigenvalue weighted by molar-refractivity contribution is 0.0985. The quantitative estimate of drug-likeness (QED) is 0.853. The summed E-state index contributed by atoms with van der Waals surface area (Å²) in [6.45, 7) is 1.31. The van der Waals surface area contributed by atoms with Gasteiger partial charge in [-0.25, -0.2) is 0 Å². The van der Waals surface area contributed by atoms with E-state index in [1.165, 1.54) is 18.5 Å². The molecule has 0 fully saturated rings. The number of nitrogens with zero attached hydrogens (tertiary/aromatic N) is 2. The van der Waals surface area contributed by atoms with E-state index >= 15 is 0 Å². The third-order valence-corrected chi connectivity index (χ3v) is 3.54. The maximum atomic E-state index is 12.6. The minimum Gasteiger partial charge on any atom is -0.371 e. The van der Waals surface area contributed by atoms with E-state index < -0.39 is 0 Å². The van der Waals surface area contributed by atoms with Crippen LogP contribution in [0.3, 0.4) is 0 Å². The van der Waals surface area contributed by atoms with Crippen molar-refractivity contribution in [1.82, 2.24) is 4.98 Å². The van der Waals surface area contributed by atoms with E-state index in [-0.39, 0.29) is 16.9 Å². The minimum atomic E-state index is -0.259. The lowest BCUT2D eigenvalue weighted by atomic mass is 10.1. The van der Waals surface area contributed by atoms with Crippen molar-refractivity contribution in [2.24, 2.45) is 0 Å². The third kappa shape index (κ3) is 1.97. The molecule has 1 amide bonds. The number of carbonyl (C=O) groups excluding carboxylic acids is 1. The number of rotatable bonds is 1. The van der Waals surface area contributed by atoms with Crippen LogP contribution in [-0.4, -0.2) is 31.0 Å². The summed E-state index contributed by atoms with van der Waals surface area (Å²) in [6.07, 6.45) is 2.99. The van der Waals surface area contributed by atoms with E-state index in [1.54, 1.807) is 4.90 Å². The van der Waals surface area contributed by atoms with Gasteiger partial charge in [-0.05, 0) is 12.1 Å². The van der Waals surface area contributed by atoms with Gasteiger partial charge in [0, 0.05) is 38.6 Å². The zero-order valence-corrected chi connectivity index (χ0v) is 11.2. The number of hydrogen-bond acceptors (Lipinski definition) is 3. The number of fused-ring (bicyclic) bond motifs is 1. The van der Waals surface area contributed by atoms with Crippen LogP contribution in [0.25, 0.3) is 0 Å². The molecule has 0 saturated heterocycles.